The average Bonchev–Trinajstić information content (AvgIpc) is 2.78. The first kappa shape index (κ1) is 14.7. The molecule has 1 N–H and O–H groups in total. The van der Waals surface area contributed by atoms with Crippen LogP contribution in [0.1, 0.15) is 35.3 Å². The Labute approximate surface area is 131 Å². The number of carbonyl (C=O) groups is 1. The van der Waals surface area contributed by atoms with Crippen LogP contribution in [0.4, 0.5) is 0 Å². The van der Waals surface area contributed by atoms with Gasteiger partial charge in [0.05, 0.1) is 9.88 Å². The summed E-state index contributed by atoms with van der Waals surface area (Å²) in [5, 5.41) is 10.1. The summed E-state index contributed by atoms with van der Waals surface area (Å²) >= 11 is 8.27. The van der Waals surface area contributed by atoms with Crippen molar-refractivity contribution >= 4 is 49.2 Å². The molecule has 2 rings (SSSR count). The Hall–Kier alpha value is -0.720. The van der Waals surface area contributed by atoms with Gasteiger partial charge < -0.3 is 5.11 Å². The maximum absolute atomic E-state index is 11.3. The number of aromatic nitrogens is 1. The van der Waals surface area contributed by atoms with Crippen molar-refractivity contribution in [3.05, 3.63) is 37.8 Å². The number of carboxylic acid groups (broad SMARTS) is 1. The van der Waals surface area contributed by atoms with Crippen LogP contribution in [0.3, 0.4) is 0 Å². The predicted molar refractivity (Wildman–Crippen MR) is 84.0 cm³/mol. The molecule has 0 aliphatic heterocycles. The van der Waals surface area contributed by atoms with Crippen LogP contribution in [-0.4, -0.2) is 16.1 Å². The van der Waals surface area contributed by atoms with Crippen LogP contribution in [0.2, 0.25) is 0 Å². The van der Waals surface area contributed by atoms with Crippen LogP contribution in [0.5, 0.6) is 0 Å². The molecule has 0 spiro atoms. The zero-order chi connectivity index (χ0) is 14.2. The molecule has 0 saturated carbocycles. The predicted octanol–water partition coefficient (Wildman–Crippen LogP) is 5.16. The molecule has 0 radical (unpaired) electrons. The number of rotatable bonds is 3. The topological polar surface area (TPSA) is 50.2 Å². The molecule has 0 unspecified atom stereocenters. The van der Waals surface area contributed by atoms with Crippen molar-refractivity contribution in [1.29, 1.82) is 0 Å². The molecule has 0 saturated heterocycles. The second-order valence-corrected chi connectivity index (χ2v) is 7.06. The smallest absolute Gasteiger partial charge is 0.356 e. The highest BCUT2D eigenvalue weighted by Crippen LogP contribution is 2.36. The lowest BCUT2D eigenvalue weighted by atomic mass is 10.1. The van der Waals surface area contributed by atoms with Crippen molar-refractivity contribution in [2.45, 2.75) is 19.8 Å². The Morgan fingerprint density at radius 1 is 1.32 bits per heavy atom. The molecule has 100 valence electrons. The molecule has 0 atom stereocenters. The highest BCUT2D eigenvalue weighted by atomic mass is 79.9. The SMILES string of the molecule is CC(C)c1nc(C(=O)O)c(-c2ccc(Br)c(Br)c2)s1. The quantitative estimate of drug-likeness (QED) is 0.768. The molecule has 1 aromatic carbocycles. The fraction of sp³-hybridized carbons (Fsp3) is 0.231. The van der Waals surface area contributed by atoms with Crippen LogP contribution in [0.15, 0.2) is 27.1 Å². The maximum atomic E-state index is 11.3. The Balaban J connectivity index is 2.59. The molecule has 0 bridgehead atoms. The Morgan fingerprint density at radius 2 is 2.00 bits per heavy atom. The first-order valence-electron chi connectivity index (χ1n) is 5.59. The van der Waals surface area contributed by atoms with Crippen LogP contribution in [0, 0.1) is 0 Å². The van der Waals surface area contributed by atoms with Gasteiger partial charge in [-0.25, -0.2) is 9.78 Å². The van der Waals surface area contributed by atoms with Gasteiger partial charge in [0.15, 0.2) is 5.69 Å². The first-order chi connectivity index (χ1) is 8.90. The first-order valence-corrected chi connectivity index (χ1v) is 8.00. The van der Waals surface area contributed by atoms with Gasteiger partial charge in [-0.15, -0.1) is 11.3 Å². The van der Waals surface area contributed by atoms with E-state index >= 15 is 0 Å². The van der Waals surface area contributed by atoms with Gasteiger partial charge in [-0.2, -0.15) is 0 Å². The summed E-state index contributed by atoms with van der Waals surface area (Å²) < 4.78 is 1.82. The Kier molecular flexibility index (Phi) is 4.43. The summed E-state index contributed by atoms with van der Waals surface area (Å²) in [5.74, 6) is -0.770. The maximum Gasteiger partial charge on any atom is 0.356 e. The minimum Gasteiger partial charge on any atom is -0.476 e. The lowest BCUT2D eigenvalue weighted by Crippen LogP contribution is -1.99. The third-order valence-electron chi connectivity index (χ3n) is 2.52. The molecular weight excluding hydrogens is 394 g/mol. The third kappa shape index (κ3) is 3.07. The van der Waals surface area contributed by atoms with Crippen LogP contribution in [-0.2, 0) is 0 Å². The molecule has 19 heavy (non-hydrogen) atoms. The zero-order valence-electron chi connectivity index (χ0n) is 10.3. The highest BCUT2D eigenvalue weighted by Gasteiger charge is 2.20. The third-order valence-corrected chi connectivity index (χ3v) is 5.81. The van der Waals surface area contributed by atoms with Crippen LogP contribution >= 0.6 is 43.2 Å². The van der Waals surface area contributed by atoms with E-state index in [-0.39, 0.29) is 11.6 Å². The molecule has 0 fully saturated rings. The van der Waals surface area contributed by atoms with Gasteiger partial charge in [-0.1, -0.05) is 19.9 Å². The molecule has 0 aliphatic carbocycles. The molecular formula is C13H11Br2NO2S. The summed E-state index contributed by atoms with van der Waals surface area (Å²) in [7, 11) is 0. The van der Waals surface area contributed by atoms with Crippen molar-refractivity contribution in [2.24, 2.45) is 0 Å². The van der Waals surface area contributed by atoms with Gasteiger partial charge in [0.2, 0.25) is 0 Å². The van der Waals surface area contributed by atoms with E-state index in [2.05, 4.69) is 36.8 Å². The minimum atomic E-state index is -0.989. The number of carboxylic acids is 1. The van der Waals surface area contributed by atoms with Crippen molar-refractivity contribution in [3.8, 4) is 10.4 Å². The van der Waals surface area contributed by atoms with E-state index in [9.17, 15) is 9.90 Å². The van der Waals surface area contributed by atoms with E-state index < -0.39 is 5.97 Å². The number of hydrogen-bond acceptors (Lipinski definition) is 3. The Bertz CT molecular complexity index is 638. The number of nitrogens with zero attached hydrogens (tertiary/aromatic N) is 1. The summed E-state index contributed by atoms with van der Waals surface area (Å²) in [4.78, 5) is 16.2. The monoisotopic (exact) mass is 403 g/mol. The second kappa shape index (κ2) is 5.73. The van der Waals surface area contributed by atoms with E-state index in [0.717, 1.165) is 19.5 Å². The largest absolute Gasteiger partial charge is 0.476 e. The standard InChI is InChI=1S/C13H11Br2NO2S/c1-6(2)12-16-10(13(17)18)11(19-12)7-3-4-8(14)9(15)5-7/h3-6H,1-2H3,(H,17,18). The molecule has 1 aromatic heterocycles. The van der Waals surface area contributed by atoms with Crippen molar-refractivity contribution in [1.82, 2.24) is 4.98 Å². The summed E-state index contributed by atoms with van der Waals surface area (Å²) in [6, 6.07) is 5.67. The lowest BCUT2D eigenvalue weighted by molar-refractivity contribution is 0.0692. The summed E-state index contributed by atoms with van der Waals surface area (Å²) in [6.45, 7) is 4.01. The van der Waals surface area contributed by atoms with Crippen molar-refractivity contribution in [2.75, 3.05) is 0 Å². The van der Waals surface area contributed by atoms with Crippen LogP contribution < -0.4 is 0 Å². The molecule has 1 heterocycles. The number of thiazole rings is 1. The lowest BCUT2D eigenvalue weighted by Gasteiger charge is -2.02. The zero-order valence-corrected chi connectivity index (χ0v) is 14.3. The second-order valence-electron chi connectivity index (χ2n) is 4.32. The molecule has 0 amide bonds. The van der Waals surface area contributed by atoms with Gasteiger partial charge in [-0.05, 0) is 49.6 Å². The van der Waals surface area contributed by atoms with E-state index in [1.807, 2.05) is 32.0 Å². The highest BCUT2D eigenvalue weighted by molar-refractivity contribution is 9.13. The number of benzene rings is 1. The van der Waals surface area contributed by atoms with Gasteiger partial charge >= 0.3 is 5.97 Å². The molecule has 0 aliphatic rings. The average molecular weight is 405 g/mol. The van der Waals surface area contributed by atoms with E-state index in [1.165, 1.54) is 11.3 Å². The normalized spacial score (nSPS) is 11.0. The number of aromatic carboxylic acids is 1. The Morgan fingerprint density at radius 3 is 2.53 bits per heavy atom. The minimum absolute atomic E-state index is 0.128. The molecule has 3 nitrogen and oxygen atoms in total. The van der Waals surface area contributed by atoms with E-state index in [0.29, 0.717) is 4.88 Å². The molecule has 6 heteroatoms. The molecule has 2 aromatic rings. The number of hydrogen-bond donors (Lipinski definition) is 1. The van der Waals surface area contributed by atoms with Gasteiger partial charge in [0.25, 0.3) is 0 Å². The van der Waals surface area contributed by atoms with E-state index in [1.54, 1.807) is 0 Å². The summed E-state index contributed by atoms with van der Waals surface area (Å²) in [6.07, 6.45) is 0. The van der Waals surface area contributed by atoms with Crippen LogP contribution in [0.25, 0.3) is 10.4 Å². The van der Waals surface area contributed by atoms with Crippen molar-refractivity contribution in [3.63, 3.8) is 0 Å². The van der Waals surface area contributed by atoms with Crippen molar-refractivity contribution < 1.29 is 9.90 Å². The van der Waals surface area contributed by atoms with Gasteiger partial charge in [0.1, 0.15) is 0 Å². The fourth-order valence-corrected chi connectivity index (χ4v) is 3.24. The van der Waals surface area contributed by atoms with Gasteiger partial charge in [0, 0.05) is 14.9 Å². The number of halogens is 2. The fourth-order valence-electron chi connectivity index (χ4n) is 1.56. The summed E-state index contributed by atoms with van der Waals surface area (Å²) in [5.41, 5.74) is 0.986. The van der Waals surface area contributed by atoms with Gasteiger partial charge in [-0.3, -0.25) is 0 Å². The van der Waals surface area contributed by atoms with E-state index in [4.69, 9.17) is 0 Å².